The van der Waals surface area contributed by atoms with Crippen molar-refractivity contribution in [2.24, 2.45) is 5.73 Å². The van der Waals surface area contributed by atoms with E-state index in [1.54, 1.807) is 36.2 Å². The molecule has 0 aromatic heterocycles. The van der Waals surface area contributed by atoms with E-state index in [1.165, 1.54) is 0 Å². The smallest absolute Gasteiger partial charge is 0.390 e. The fraction of sp³-hybridized carbons (Fsp3) is 0.462. The predicted octanol–water partition coefficient (Wildman–Crippen LogP) is 2.58. The average Bonchev–Trinajstić information content (AvgIpc) is 2.36. The van der Waals surface area contributed by atoms with Crippen LogP contribution < -0.4 is 10.5 Å². The molecule has 1 aromatic carbocycles. The average molecular weight is 306 g/mol. The molecule has 3 nitrogen and oxygen atoms in total. The van der Waals surface area contributed by atoms with Gasteiger partial charge in [0.2, 0.25) is 0 Å². The lowest BCUT2D eigenvalue weighted by Gasteiger charge is -2.18. The van der Waals surface area contributed by atoms with E-state index >= 15 is 0 Å². The van der Waals surface area contributed by atoms with Gasteiger partial charge in [-0.25, -0.2) is 0 Å². The molecule has 2 N–H and O–H groups in total. The van der Waals surface area contributed by atoms with E-state index in [9.17, 15) is 13.2 Å². The Morgan fingerprint density at radius 1 is 1.30 bits per heavy atom. The molecule has 0 atom stereocenters. The molecule has 20 heavy (non-hydrogen) atoms. The molecule has 0 heterocycles. The van der Waals surface area contributed by atoms with E-state index in [0.29, 0.717) is 17.9 Å². The number of para-hydroxylation sites is 1. The molecule has 0 aliphatic rings. The molecule has 112 valence electrons. The number of thiocarbonyl (C=S) groups is 1. The van der Waals surface area contributed by atoms with Gasteiger partial charge in [0, 0.05) is 13.1 Å². The summed E-state index contributed by atoms with van der Waals surface area (Å²) in [6.07, 6.45) is -4.96. The maximum absolute atomic E-state index is 12.1. The topological polar surface area (TPSA) is 38.5 Å². The van der Waals surface area contributed by atoms with Gasteiger partial charge >= 0.3 is 6.18 Å². The molecule has 0 unspecified atom stereocenters. The summed E-state index contributed by atoms with van der Waals surface area (Å²) in [5.74, 6) is 0.546. The lowest BCUT2D eigenvalue weighted by Crippen LogP contribution is -2.28. The highest BCUT2D eigenvalue weighted by Gasteiger charge is 2.26. The first-order valence-corrected chi connectivity index (χ1v) is 6.47. The van der Waals surface area contributed by atoms with Crippen molar-refractivity contribution in [3.05, 3.63) is 29.8 Å². The van der Waals surface area contributed by atoms with Crippen LogP contribution in [0.2, 0.25) is 0 Å². The first-order valence-electron chi connectivity index (χ1n) is 6.06. The third kappa shape index (κ3) is 6.21. The normalized spacial score (nSPS) is 11.7. The van der Waals surface area contributed by atoms with Crippen LogP contribution in [0.1, 0.15) is 12.0 Å². The zero-order valence-corrected chi connectivity index (χ0v) is 11.9. The second-order valence-corrected chi connectivity index (χ2v) is 4.82. The molecule has 1 aromatic rings. The summed E-state index contributed by atoms with van der Waals surface area (Å²) < 4.78 is 41.7. The minimum absolute atomic E-state index is 0.0518. The van der Waals surface area contributed by atoms with Crippen LogP contribution in [0.5, 0.6) is 5.75 Å². The number of nitrogens with two attached hydrogens (primary N) is 1. The quantitative estimate of drug-likeness (QED) is 0.786. The van der Waals surface area contributed by atoms with Crippen molar-refractivity contribution in [3.63, 3.8) is 0 Å². The Labute approximate surface area is 121 Å². The monoisotopic (exact) mass is 306 g/mol. The molecule has 0 spiro atoms. The van der Waals surface area contributed by atoms with Gasteiger partial charge in [0.05, 0.1) is 12.0 Å². The molecular formula is C13H17F3N2OS. The third-order valence-electron chi connectivity index (χ3n) is 2.66. The summed E-state index contributed by atoms with van der Waals surface area (Å²) >= 11 is 4.90. The molecule has 7 heteroatoms. The number of likely N-dealkylation sites (N-methyl/N-ethyl adjacent to an activating group) is 1. The maximum atomic E-state index is 12.1. The molecular weight excluding hydrogens is 289 g/mol. The van der Waals surface area contributed by atoms with E-state index < -0.39 is 12.6 Å². The van der Waals surface area contributed by atoms with Crippen LogP contribution >= 0.6 is 12.2 Å². The van der Waals surface area contributed by atoms with E-state index in [1.807, 2.05) is 0 Å². The Morgan fingerprint density at radius 2 is 1.95 bits per heavy atom. The van der Waals surface area contributed by atoms with Crippen LogP contribution in [0, 0.1) is 0 Å². The standard InChI is InChI=1S/C13H17F3N2OS/c1-18(7-6-13(14,15)16)8-9-19-11-5-3-2-4-10(11)12(17)20/h2-5H,6-9H2,1H3,(H2,17,20). The minimum atomic E-state index is -4.13. The van der Waals surface area contributed by atoms with Crippen LogP contribution in [-0.4, -0.2) is 42.8 Å². The van der Waals surface area contributed by atoms with Crippen LogP contribution in [0.4, 0.5) is 13.2 Å². The minimum Gasteiger partial charge on any atom is -0.492 e. The summed E-state index contributed by atoms with van der Waals surface area (Å²) in [7, 11) is 1.62. The first-order chi connectivity index (χ1) is 9.29. The van der Waals surface area contributed by atoms with Crippen molar-refractivity contribution in [2.75, 3.05) is 26.7 Å². The Hall–Kier alpha value is -1.34. The summed E-state index contributed by atoms with van der Waals surface area (Å²) in [5, 5.41) is 0. The van der Waals surface area contributed by atoms with E-state index in [-0.39, 0.29) is 18.1 Å². The molecule has 1 rings (SSSR count). The van der Waals surface area contributed by atoms with Gasteiger partial charge in [-0.1, -0.05) is 24.4 Å². The molecule has 0 aliphatic carbocycles. The lowest BCUT2D eigenvalue weighted by molar-refractivity contribution is -0.137. The molecule has 0 bridgehead atoms. The number of alkyl halides is 3. The summed E-state index contributed by atoms with van der Waals surface area (Å²) in [4.78, 5) is 1.79. The predicted molar refractivity (Wildman–Crippen MR) is 76.0 cm³/mol. The fourth-order valence-corrected chi connectivity index (χ4v) is 1.71. The third-order valence-corrected chi connectivity index (χ3v) is 2.88. The highest BCUT2D eigenvalue weighted by atomic mass is 32.1. The van der Waals surface area contributed by atoms with Gasteiger partial charge in [-0.15, -0.1) is 0 Å². The van der Waals surface area contributed by atoms with E-state index in [4.69, 9.17) is 22.7 Å². The van der Waals surface area contributed by atoms with Crippen molar-refractivity contribution < 1.29 is 17.9 Å². The van der Waals surface area contributed by atoms with Gasteiger partial charge in [-0.05, 0) is 19.2 Å². The lowest BCUT2D eigenvalue weighted by atomic mass is 10.2. The SMILES string of the molecule is CN(CCOc1ccccc1C(N)=S)CCC(F)(F)F. The number of nitrogens with zero attached hydrogens (tertiary/aromatic N) is 1. The number of hydrogen-bond acceptors (Lipinski definition) is 3. The highest BCUT2D eigenvalue weighted by molar-refractivity contribution is 7.80. The Morgan fingerprint density at radius 3 is 2.55 bits per heavy atom. The number of halogens is 3. The maximum Gasteiger partial charge on any atom is 0.390 e. The zero-order chi connectivity index (χ0) is 15.2. The molecule has 0 saturated heterocycles. The van der Waals surface area contributed by atoms with Gasteiger partial charge in [0.15, 0.2) is 0 Å². The molecule has 0 saturated carbocycles. The zero-order valence-electron chi connectivity index (χ0n) is 11.1. The summed E-state index contributed by atoms with van der Waals surface area (Å²) in [6.45, 7) is 0.611. The van der Waals surface area contributed by atoms with Gasteiger partial charge in [0.1, 0.15) is 17.3 Å². The van der Waals surface area contributed by atoms with Crippen molar-refractivity contribution in [1.29, 1.82) is 0 Å². The van der Waals surface area contributed by atoms with E-state index in [2.05, 4.69) is 0 Å². The van der Waals surface area contributed by atoms with Crippen LogP contribution in [-0.2, 0) is 0 Å². The molecule has 0 amide bonds. The number of benzene rings is 1. The Bertz CT molecular complexity index is 451. The van der Waals surface area contributed by atoms with Crippen molar-refractivity contribution >= 4 is 17.2 Å². The second-order valence-electron chi connectivity index (χ2n) is 4.38. The Balaban J connectivity index is 2.39. The fourth-order valence-electron chi connectivity index (χ4n) is 1.54. The second kappa shape index (κ2) is 7.44. The number of ether oxygens (including phenoxy) is 1. The van der Waals surface area contributed by atoms with Gasteiger partial charge in [0.25, 0.3) is 0 Å². The van der Waals surface area contributed by atoms with Gasteiger partial charge < -0.3 is 15.4 Å². The highest BCUT2D eigenvalue weighted by Crippen LogP contribution is 2.20. The van der Waals surface area contributed by atoms with Crippen LogP contribution in [0.25, 0.3) is 0 Å². The number of rotatable bonds is 7. The molecule has 0 fully saturated rings. The summed E-state index contributed by atoms with van der Waals surface area (Å²) in [6, 6.07) is 7.04. The molecule has 0 aliphatic heterocycles. The van der Waals surface area contributed by atoms with Crippen LogP contribution in [0.15, 0.2) is 24.3 Å². The van der Waals surface area contributed by atoms with Gasteiger partial charge in [-0.2, -0.15) is 13.2 Å². The largest absolute Gasteiger partial charge is 0.492 e. The van der Waals surface area contributed by atoms with Crippen molar-refractivity contribution in [3.8, 4) is 5.75 Å². The van der Waals surface area contributed by atoms with Gasteiger partial charge in [-0.3, -0.25) is 0 Å². The Kier molecular flexibility index (Phi) is 6.22. The number of hydrogen-bond donors (Lipinski definition) is 1. The van der Waals surface area contributed by atoms with Crippen LogP contribution in [0.3, 0.4) is 0 Å². The first kappa shape index (κ1) is 16.7. The van der Waals surface area contributed by atoms with Crippen molar-refractivity contribution in [1.82, 2.24) is 4.90 Å². The van der Waals surface area contributed by atoms with Crippen molar-refractivity contribution in [2.45, 2.75) is 12.6 Å². The molecule has 0 radical (unpaired) electrons. The summed E-state index contributed by atoms with van der Waals surface area (Å²) in [5.41, 5.74) is 6.18. The van der Waals surface area contributed by atoms with E-state index in [0.717, 1.165) is 0 Å².